The quantitative estimate of drug-likeness (QED) is 0.789. The van der Waals surface area contributed by atoms with Crippen molar-refractivity contribution < 1.29 is 0 Å². The van der Waals surface area contributed by atoms with E-state index in [1.807, 2.05) is 0 Å². The summed E-state index contributed by atoms with van der Waals surface area (Å²) in [5.74, 6) is 0.384. The Morgan fingerprint density at radius 1 is 1.33 bits per heavy atom. The Labute approximate surface area is 91.8 Å². The van der Waals surface area contributed by atoms with Gasteiger partial charge in [0.1, 0.15) is 0 Å². The van der Waals surface area contributed by atoms with Crippen molar-refractivity contribution in [2.75, 3.05) is 0 Å². The van der Waals surface area contributed by atoms with E-state index in [0.717, 1.165) is 11.1 Å². The van der Waals surface area contributed by atoms with Crippen molar-refractivity contribution >= 4 is 11.6 Å². The van der Waals surface area contributed by atoms with E-state index in [9.17, 15) is 4.79 Å². The number of aromatic nitrogens is 2. The highest BCUT2D eigenvalue weighted by Gasteiger charge is 2.03. The first-order valence-electron chi connectivity index (χ1n) is 4.49. The van der Waals surface area contributed by atoms with Crippen LogP contribution >= 0.6 is 11.6 Å². The number of halogens is 1. The van der Waals surface area contributed by atoms with Crippen LogP contribution in [0.25, 0.3) is 11.1 Å². The number of pyridine rings is 2. The molecule has 0 amide bonds. The van der Waals surface area contributed by atoms with E-state index in [0.29, 0.717) is 11.4 Å². The Morgan fingerprint density at radius 2 is 2.07 bits per heavy atom. The van der Waals surface area contributed by atoms with Gasteiger partial charge in [0.05, 0.1) is 0 Å². The average Bonchev–Trinajstić information content (AvgIpc) is 2.31. The number of hydrogen-bond donors (Lipinski definition) is 1. The fourth-order valence-electron chi connectivity index (χ4n) is 1.35. The number of alkyl halides is 1. The molecule has 0 saturated heterocycles. The van der Waals surface area contributed by atoms with Crippen LogP contribution < -0.4 is 5.56 Å². The van der Waals surface area contributed by atoms with Crippen LogP contribution in [0.5, 0.6) is 0 Å². The fraction of sp³-hybridized carbons (Fsp3) is 0.0909. The number of H-pyrrole nitrogens is 1. The molecule has 0 aliphatic heterocycles. The van der Waals surface area contributed by atoms with Crippen LogP contribution in [0.3, 0.4) is 0 Å². The van der Waals surface area contributed by atoms with Gasteiger partial charge in [0.2, 0.25) is 0 Å². The summed E-state index contributed by atoms with van der Waals surface area (Å²) in [6.45, 7) is 0. The summed E-state index contributed by atoms with van der Waals surface area (Å²) in [4.78, 5) is 18.1. The Kier molecular flexibility index (Phi) is 2.83. The molecule has 0 aromatic carbocycles. The van der Waals surface area contributed by atoms with Crippen molar-refractivity contribution in [3.63, 3.8) is 0 Å². The van der Waals surface area contributed by atoms with Gasteiger partial charge in [-0.15, -0.1) is 11.6 Å². The second-order valence-corrected chi connectivity index (χ2v) is 3.39. The van der Waals surface area contributed by atoms with E-state index in [2.05, 4.69) is 9.97 Å². The lowest BCUT2D eigenvalue weighted by molar-refractivity contribution is 1.18. The van der Waals surface area contributed by atoms with E-state index < -0.39 is 0 Å². The van der Waals surface area contributed by atoms with Crippen molar-refractivity contribution in [2.24, 2.45) is 0 Å². The van der Waals surface area contributed by atoms with Crippen LogP contribution in [0, 0.1) is 0 Å². The van der Waals surface area contributed by atoms with Crippen LogP contribution in [0.1, 0.15) is 5.56 Å². The third kappa shape index (κ3) is 2.07. The largest absolute Gasteiger partial charge is 0.328 e. The smallest absolute Gasteiger partial charge is 0.255 e. The summed E-state index contributed by atoms with van der Waals surface area (Å²) in [6.07, 6.45) is 4.93. The Hall–Kier alpha value is -1.61. The van der Waals surface area contributed by atoms with E-state index in [1.165, 1.54) is 0 Å². The van der Waals surface area contributed by atoms with E-state index >= 15 is 0 Å². The molecule has 2 aromatic rings. The minimum absolute atomic E-state index is 0.116. The van der Waals surface area contributed by atoms with Crippen LogP contribution in [0.15, 0.2) is 41.6 Å². The van der Waals surface area contributed by atoms with Crippen molar-refractivity contribution in [1.82, 2.24) is 9.97 Å². The van der Waals surface area contributed by atoms with E-state index in [1.54, 1.807) is 36.8 Å². The van der Waals surface area contributed by atoms with Crippen LogP contribution in [0.4, 0.5) is 0 Å². The topological polar surface area (TPSA) is 45.8 Å². The zero-order chi connectivity index (χ0) is 10.7. The molecule has 0 aliphatic rings. The molecule has 0 atom stereocenters. The lowest BCUT2D eigenvalue weighted by Gasteiger charge is -2.01. The van der Waals surface area contributed by atoms with Crippen LogP contribution in [-0.4, -0.2) is 9.97 Å². The van der Waals surface area contributed by atoms with E-state index in [4.69, 9.17) is 11.6 Å². The van der Waals surface area contributed by atoms with E-state index in [-0.39, 0.29) is 5.56 Å². The molecule has 0 aliphatic carbocycles. The normalized spacial score (nSPS) is 10.2. The van der Waals surface area contributed by atoms with Gasteiger partial charge in [-0.05, 0) is 29.3 Å². The first kappa shape index (κ1) is 9.93. The highest BCUT2D eigenvalue weighted by atomic mass is 35.5. The third-order valence-corrected chi connectivity index (χ3v) is 2.42. The Morgan fingerprint density at radius 3 is 2.73 bits per heavy atom. The summed E-state index contributed by atoms with van der Waals surface area (Å²) in [5, 5.41) is 0. The van der Waals surface area contributed by atoms with Gasteiger partial charge in [-0.25, -0.2) is 0 Å². The maximum Gasteiger partial charge on any atom is 0.255 e. The molecular formula is C11H9ClN2O. The molecule has 0 radical (unpaired) electrons. The van der Waals surface area contributed by atoms with Crippen molar-refractivity contribution in [2.45, 2.75) is 5.88 Å². The van der Waals surface area contributed by atoms with Gasteiger partial charge in [0, 0.05) is 30.0 Å². The van der Waals surface area contributed by atoms with Gasteiger partial charge in [0.15, 0.2) is 0 Å². The lowest BCUT2D eigenvalue weighted by atomic mass is 10.1. The molecular weight excluding hydrogens is 212 g/mol. The highest BCUT2D eigenvalue weighted by Crippen LogP contribution is 2.15. The zero-order valence-electron chi connectivity index (χ0n) is 7.90. The predicted octanol–water partition coefficient (Wildman–Crippen LogP) is 2.18. The second kappa shape index (κ2) is 4.28. The maximum absolute atomic E-state index is 11.6. The molecule has 4 heteroatoms. The van der Waals surface area contributed by atoms with Gasteiger partial charge in [-0.3, -0.25) is 9.78 Å². The SMILES string of the molecule is O=c1[nH]cc(CCl)cc1-c1ccncc1. The van der Waals surface area contributed by atoms with Crippen LogP contribution in [-0.2, 0) is 5.88 Å². The fourth-order valence-corrected chi connectivity index (χ4v) is 1.51. The van der Waals surface area contributed by atoms with Gasteiger partial charge >= 0.3 is 0 Å². The molecule has 15 heavy (non-hydrogen) atoms. The molecule has 0 spiro atoms. The molecule has 2 heterocycles. The molecule has 0 saturated carbocycles. The number of nitrogens with one attached hydrogen (secondary N) is 1. The molecule has 2 rings (SSSR count). The molecule has 3 nitrogen and oxygen atoms in total. The third-order valence-electron chi connectivity index (χ3n) is 2.11. The number of hydrogen-bond acceptors (Lipinski definition) is 2. The van der Waals surface area contributed by atoms with Gasteiger partial charge < -0.3 is 4.98 Å². The minimum Gasteiger partial charge on any atom is -0.328 e. The monoisotopic (exact) mass is 220 g/mol. The molecule has 1 N–H and O–H groups in total. The summed E-state index contributed by atoms with van der Waals surface area (Å²) in [7, 11) is 0. The summed E-state index contributed by atoms with van der Waals surface area (Å²) < 4.78 is 0. The van der Waals surface area contributed by atoms with Crippen molar-refractivity contribution in [3.05, 3.63) is 52.7 Å². The summed E-state index contributed by atoms with van der Waals surface area (Å²) in [5.41, 5.74) is 2.24. The molecule has 0 bridgehead atoms. The van der Waals surface area contributed by atoms with Gasteiger partial charge in [0.25, 0.3) is 5.56 Å². The van der Waals surface area contributed by atoms with Crippen LogP contribution in [0.2, 0.25) is 0 Å². The average molecular weight is 221 g/mol. The molecule has 0 fully saturated rings. The highest BCUT2D eigenvalue weighted by molar-refractivity contribution is 6.17. The predicted molar refractivity (Wildman–Crippen MR) is 59.9 cm³/mol. The molecule has 2 aromatic heterocycles. The first-order valence-corrected chi connectivity index (χ1v) is 5.02. The van der Waals surface area contributed by atoms with Crippen molar-refractivity contribution in [1.29, 1.82) is 0 Å². The molecule has 76 valence electrons. The minimum atomic E-state index is -0.116. The van der Waals surface area contributed by atoms with Crippen molar-refractivity contribution in [3.8, 4) is 11.1 Å². The van der Waals surface area contributed by atoms with Gasteiger partial charge in [-0.2, -0.15) is 0 Å². The number of aromatic amines is 1. The second-order valence-electron chi connectivity index (χ2n) is 3.12. The zero-order valence-corrected chi connectivity index (χ0v) is 8.66. The maximum atomic E-state index is 11.6. The Balaban J connectivity index is 2.57. The Bertz CT molecular complexity index is 507. The lowest BCUT2D eigenvalue weighted by Crippen LogP contribution is -2.08. The summed E-state index contributed by atoms with van der Waals surface area (Å²) >= 11 is 5.70. The van der Waals surface area contributed by atoms with Gasteiger partial charge in [-0.1, -0.05) is 0 Å². The first-order chi connectivity index (χ1) is 7.31. The number of rotatable bonds is 2. The number of nitrogens with zero attached hydrogens (tertiary/aromatic N) is 1. The standard InChI is InChI=1S/C11H9ClN2O/c12-6-8-5-10(11(15)14-7-8)9-1-3-13-4-2-9/h1-5,7H,6H2,(H,14,15). The summed E-state index contributed by atoms with van der Waals surface area (Å²) in [6, 6.07) is 5.38. The molecule has 0 unspecified atom stereocenters.